The molecule has 0 fully saturated rings. The number of imidazole rings is 1. The molecule has 1 atom stereocenters. The molecule has 2 amide bonds. The number of halogens is 1. The van der Waals surface area contributed by atoms with Crippen LogP contribution in [0.4, 0.5) is 10.1 Å². The van der Waals surface area contributed by atoms with E-state index in [4.69, 9.17) is 0 Å². The van der Waals surface area contributed by atoms with Crippen molar-refractivity contribution in [3.63, 3.8) is 0 Å². The maximum absolute atomic E-state index is 14.8. The van der Waals surface area contributed by atoms with Crippen molar-refractivity contribution in [2.24, 2.45) is 4.99 Å². The van der Waals surface area contributed by atoms with Gasteiger partial charge in [0.2, 0.25) is 6.17 Å². The maximum Gasteiger partial charge on any atom is 0.274 e. The van der Waals surface area contributed by atoms with Crippen LogP contribution in [-0.4, -0.2) is 38.3 Å². The number of carbonyl (C=O) groups is 2. The van der Waals surface area contributed by atoms with Crippen molar-refractivity contribution in [3.8, 4) is 11.3 Å². The molecular weight excluding hydrogens is 483 g/mol. The Kier molecular flexibility index (Phi) is 5.72. The van der Waals surface area contributed by atoms with Gasteiger partial charge in [0.05, 0.1) is 17.1 Å². The van der Waals surface area contributed by atoms with E-state index in [2.05, 4.69) is 25.7 Å². The van der Waals surface area contributed by atoms with Gasteiger partial charge in [0.15, 0.2) is 11.3 Å². The van der Waals surface area contributed by atoms with Gasteiger partial charge in [0.25, 0.3) is 11.8 Å². The fraction of sp³-hybridized carbons (Fsp3) is 0.0690. The van der Waals surface area contributed by atoms with Crippen molar-refractivity contribution >= 4 is 28.9 Å². The van der Waals surface area contributed by atoms with Gasteiger partial charge in [0, 0.05) is 16.7 Å². The van der Waals surface area contributed by atoms with E-state index in [0.717, 1.165) is 0 Å². The van der Waals surface area contributed by atoms with Crippen LogP contribution in [0, 0.1) is 12.7 Å². The number of nitrogens with zero attached hydrogens (tertiary/aromatic N) is 4. The number of para-hydroxylation sites is 1. The zero-order valence-corrected chi connectivity index (χ0v) is 20.2. The second-order valence-electron chi connectivity index (χ2n) is 8.79. The number of fused-ring (bicyclic) bond motifs is 2. The lowest BCUT2D eigenvalue weighted by Gasteiger charge is -2.14. The SMILES string of the molecule is Cc1ccc2nc(-c3ccccc3)c(C(=O)NC3N=C(c4ccccc4)c4cccc(F)c4NC3=O)n2n1. The molecule has 3 aromatic carbocycles. The van der Waals surface area contributed by atoms with Crippen molar-refractivity contribution in [1.29, 1.82) is 0 Å². The van der Waals surface area contributed by atoms with E-state index in [1.54, 1.807) is 24.3 Å². The fourth-order valence-corrected chi connectivity index (χ4v) is 4.44. The van der Waals surface area contributed by atoms with Crippen molar-refractivity contribution in [2.45, 2.75) is 13.1 Å². The lowest BCUT2D eigenvalue weighted by molar-refractivity contribution is -0.117. The summed E-state index contributed by atoms with van der Waals surface area (Å²) >= 11 is 0. The number of anilines is 1. The third kappa shape index (κ3) is 4.09. The zero-order valence-electron chi connectivity index (χ0n) is 20.2. The molecule has 2 N–H and O–H groups in total. The summed E-state index contributed by atoms with van der Waals surface area (Å²) in [5.41, 5.74) is 3.93. The largest absolute Gasteiger partial charge is 0.321 e. The molecule has 8 nitrogen and oxygen atoms in total. The number of amides is 2. The molecule has 9 heteroatoms. The molecule has 5 aromatic rings. The summed E-state index contributed by atoms with van der Waals surface area (Å²) in [7, 11) is 0. The summed E-state index contributed by atoms with van der Waals surface area (Å²) in [6.07, 6.45) is -1.34. The molecule has 6 rings (SSSR count). The third-order valence-electron chi connectivity index (χ3n) is 6.21. The first-order chi connectivity index (χ1) is 18.5. The predicted molar refractivity (Wildman–Crippen MR) is 142 cm³/mol. The molecule has 0 saturated heterocycles. The molecule has 38 heavy (non-hydrogen) atoms. The van der Waals surface area contributed by atoms with Crippen molar-refractivity contribution < 1.29 is 14.0 Å². The number of benzodiazepines with no additional fused rings is 1. The van der Waals surface area contributed by atoms with E-state index in [1.807, 2.05) is 67.6 Å². The number of rotatable bonds is 4. The monoisotopic (exact) mass is 504 g/mol. The highest BCUT2D eigenvalue weighted by Crippen LogP contribution is 2.28. The van der Waals surface area contributed by atoms with Crippen LogP contribution in [0.3, 0.4) is 0 Å². The third-order valence-corrected chi connectivity index (χ3v) is 6.21. The van der Waals surface area contributed by atoms with Gasteiger partial charge < -0.3 is 10.6 Å². The molecule has 2 aromatic heterocycles. The highest BCUT2D eigenvalue weighted by molar-refractivity contribution is 6.20. The summed E-state index contributed by atoms with van der Waals surface area (Å²) < 4.78 is 16.3. The molecule has 1 aliphatic heterocycles. The predicted octanol–water partition coefficient (Wildman–Crippen LogP) is 4.39. The van der Waals surface area contributed by atoms with Crippen LogP contribution in [0.15, 0.2) is 96.0 Å². The quantitative estimate of drug-likeness (QED) is 0.379. The molecular formula is C29H21FN6O2. The molecule has 1 aliphatic rings. The normalized spacial score (nSPS) is 14.8. The van der Waals surface area contributed by atoms with Crippen LogP contribution < -0.4 is 10.6 Å². The van der Waals surface area contributed by atoms with E-state index in [1.165, 1.54) is 10.6 Å². The lowest BCUT2D eigenvalue weighted by atomic mass is 10.0. The smallest absolute Gasteiger partial charge is 0.274 e. The van der Waals surface area contributed by atoms with Crippen LogP contribution >= 0.6 is 0 Å². The minimum Gasteiger partial charge on any atom is -0.321 e. The number of hydrogen-bond acceptors (Lipinski definition) is 5. The van der Waals surface area contributed by atoms with Gasteiger partial charge in [-0.1, -0.05) is 72.8 Å². The Morgan fingerprint density at radius 1 is 0.921 bits per heavy atom. The molecule has 3 heterocycles. The maximum atomic E-state index is 14.8. The van der Waals surface area contributed by atoms with E-state index in [-0.39, 0.29) is 11.4 Å². The molecule has 0 bridgehead atoms. The summed E-state index contributed by atoms with van der Waals surface area (Å²) in [5.74, 6) is -1.87. The number of aromatic nitrogens is 3. The van der Waals surface area contributed by atoms with E-state index in [9.17, 15) is 14.0 Å². The van der Waals surface area contributed by atoms with Gasteiger partial charge in [-0.05, 0) is 25.1 Å². The van der Waals surface area contributed by atoms with Gasteiger partial charge in [-0.15, -0.1) is 0 Å². The van der Waals surface area contributed by atoms with Crippen LogP contribution in [0.2, 0.25) is 0 Å². The number of aliphatic imine (C=N–C) groups is 1. The van der Waals surface area contributed by atoms with Crippen LogP contribution in [0.5, 0.6) is 0 Å². The minimum atomic E-state index is -1.34. The molecule has 0 aliphatic carbocycles. The number of benzene rings is 3. The van der Waals surface area contributed by atoms with Gasteiger partial charge in [-0.3, -0.25) is 9.59 Å². The van der Waals surface area contributed by atoms with E-state index in [0.29, 0.717) is 39.4 Å². The summed E-state index contributed by atoms with van der Waals surface area (Å²) in [4.78, 5) is 36.3. The second-order valence-corrected chi connectivity index (χ2v) is 8.79. The Hall–Kier alpha value is -5.18. The first-order valence-corrected chi connectivity index (χ1v) is 12.0. The lowest BCUT2D eigenvalue weighted by Crippen LogP contribution is -2.43. The number of hydrogen-bond donors (Lipinski definition) is 2. The molecule has 1 unspecified atom stereocenters. The van der Waals surface area contributed by atoms with Crippen molar-refractivity contribution in [3.05, 3.63) is 119 Å². The molecule has 0 radical (unpaired) electrons. The number of aryl methyl sites for hydroxylation is 1. The number of carbonyl (C=O) groups excluding carboxylic acids is 2. The van der Waals surface area contributed by atoms with E-state index >= 15 is 0 Å². The minimum absolute atomic E-state index is 0.00826. The molecule has 0 saturated carbocycles. The van der Waals surface area contributed by atoms with Gasteiger partial charge in [0.1, 0.15) is 11.5 Å². The standard InChI is InChI=1S/C29H21FN6O2/c1-17-15-16-22-31-24(19-11-6-3-7-12-19)26(36(22)35-17)28(37)34-27-29(38)33-25-20(13-8-14-21(25)30)23(32-27)18-9-4-2-5-10-18/h2-16,27H,1H3,(H,33,38)(H,34,37). The average Bonchev–Trinajstić information content (AvgIpc) is 3.25. The van der Waals surface area contributed by atoms with Crippen LogP contribution in [0.25, 0.3) is 16.9 Å². The Balaban J connectivity index is 1.46. The molecule has 0 spiro atoms. The first-order valence-electron chi connectivity index (χ1n) is 12.0. The van der Waals surface area contributed by atoms with Crippen LogP contribution in [-0.2, 0) is 4.79 Å². The summed E-state index contributed by atoms with van der Waals surface area (Å²) in [5, 5.41) is 9.81. The number of nitrogens with one attached hydrogen (secondary N) is 2. The summed E-state index contributed by atoms with van der Waals surface area (Å²) in [6, 6.07) is 26.4. The van der Waals surface area contributed by atoms with Crippen LogP contribution in [0.1, 0.15) is 27.3 Å². The van der Waals surface area contributed by atoms with Crippen molar-refractivity contribution in [1.82, 2.24) is 19.9 Å². The first kappa shape index (κ1) is 23.2. The Bertz CT molecular complexity index is 1730. The van der Waals surface area contributed by atoms with Gasteiger partial charge in [-0.25, -0.2) is 18.9 Å². The summed E-state index contributed by atoms with van der Waals surface area (Å²) in [6.45, 7) is 1.81. The van der Waals surface area contributed by atoms with Gasteiger partial charge >= 0.3 is 0 Å². The average molecular weight is 505 g/mol. The second kappa shape index (κ2) is 9.36. The Labute approximate surface area is 216 Å². The topological polar surface area (TPSA) is 101 Å². The highest BCUT2D eigenvalue weighted by Gasteiger charge is 2.31. The zero-order chi connectivity index (χ0) is 26.2. The highest BCUT2D eigenvalue weighted by atomic mass is 19.1. The fourth-order valence-electron chi connectivity index (χ4n) is 4.44. The van der Waals surface area contributed by atoms with E-state index < -0.39 is 23.8 Å². The van der Waals surface area contributed by atoms with Gasteiger partial charge in [-0.2, -0.15) is 5.10 Å². The molecule has 186 valence electrons. The van der Waals surface area contributed by atoms with Crippen molar-refractivity contribution in [2.75, 3.05) is 5.32 Å². The Morgan fingerprint density at radius 3 is 2.37 bits per heavy atom. The Morgan fingerprint density at radius 2 is 1.63 bits per heavy atom.